The van der Waals surface area contributed by atoms with Crippen molar-refractivity contribution in [1.82, 2.24) is 20.5 Å². The van der Waals surface area contributed by atoms with Crippen LogP contribution in [0.2, 0.25) is 0 Å². The van der Waals surface area contributed by atoms with E-state index in [1.807, 2.05) is 12.1 Å². The van der Waals surface area contributed by atoms with Crippen molar-refractivity contribution in [3.05, 3.63) is 23.9 Å². The summed E-state index contributed by atoms with van der Waals surface area (Å²) >= 11 is 0. The van der Waals surface area contributed by atoms with Gasteiger partial charge in [-0.15, -0.1) is 0 Å². The zero-order valence-electron chi connectivity index (χ0n) is 18.2. The fourth-order valence-electron chi connectivity index (χ4n) is 3.34. The van der Waals surface area contributed by atoms with Crippen molar-refractivity contribution < 1.29 is 19.1 Å². The van der Waals surface area contributed by atoms with Crippen LogP contribution < -0.4 is 16.4 Å². The molecule has 0 radical (unpaired) electrons. The summed E-state index contributed by atoms with van der Waals surface area (Å²) in [5.74, 6) is 0.175. The first-order chi connectivity index (χ1) is 14.0. The Morgan fingerprint density at radius 1 is 1.37 bits per heavy atom. The van der Waals surface area contributed by atoms with E-state index in [1.165, 1.54) is 6.92 Å². The molecule has 166 valence electrons. The molecule has 0 bridgehead atoms. The van der Waals surface area contributed by atoms with E-state index in [0.717, 1.165) is 5.56 Å². The molecule has 1 saturated heterocycles. The molecule has 1 aliphatic heterocycles. The molecule has 0 unspecified atom stereocenters. The number of nitrogen functional groups attached to an aromatic ring is 1. The summed E-state index contributed by atoms with van der Waals surface area (Å²) in [6.45, 7) is 7.91. The van der Waals surface area contributed by atoms with E-state index in [0.29, 0.717) is 44.6 Å². The van der Waals surface area contributed by atoms with Gasteiger partial charge in [-0.25, -0.2) is 9.78 Å². The number of nitrogens with two attached hydrogens (primary N) is 1. The Morgan fingerprint density at radius 2 is 2.10 bits per heavy atom. The standard InChI is InChI=1S/C21H33N5O4/c1-14(27)26-12-10-16(13-26)24-19(28)17(25-20(29)30-21(2,3)4)9-5-7-15-8-6-11-23-18(15)22/h6,8,11,16-17H,5,7,9-10,12-13H2,1-4H3,(H2,22,23)(H,24,28)(H,25,29)/t16-,17+/m1/s1. The van der Waals surface area contributed by atoms with Gasteiger partial charge in [-0.05, 0) is 58.1 Å². The number of ether oxygens (including phenoxy) is 1. The smallest absolute Gasteiger partial charge is 0.408 e. The van der Waals surface area contributed by atoms with Gasteiger partial charge in [0, 0.05) is 32.3 Å². The summed E-state index contributed by atoms with van der Waals surface area (Å²) in [7, 11) is 0. The van der Waals surface area contributed by atoms with Crippen molar-refractivity contribution in [3.8, 4) is 0 Å². The Hall–Kier alpha value is -2.84. The van der Waals surface area contributed by atoms with Crippen molar-refractivity contribution in [2.75, 3.05) is 18.8 Å². The minimum atomic E-state index is -0.746. The van der Waals surface area contributed by atoms with Gasteiger partial charge in [0.25, 0.3) is 0 Å². The predicted molar refractivity (Wildman–Crippen MR) is 114 cm³/mol. The van der Waals surface area contributed by atoms with Crippen LogP contribution in [0, 0.1) is 0 Å². The lowest BCUT2D eigenvalue weighted by Crippen LogP contribution is -2.51. The Kier molecular flexibility index (Phi) is 8.02. The number of anilines is 1. The highest BCUT2D eigenvalue weighted by molar-refractivity contribution is 5.86. The lowest BCUT2D eigenvalue weighted by molar-refractivity contribution is -0.128. The van der Waals surface area contributed by atoms with Crippen molar-refractivity contribution in [1.29, 1.82) is 0 Å². The highest BCUT2D eigenvalue weighted by atomic mass is 16.6. The molecule has 30 heavy (non-hydrogen) atoms. The molecule has 9 nitrogen and oxygen atoms in total. The van der Waals surface area contributed by atoms with E-state index < -0.39 is 17.7 Å². The molecule has 1 aromatic rings. The maximum Gasteiger partial charge on any atom is 0.408 e. The van der Waals surface area contributed by atoms with Gasteiger partial charge < -0.3 is 26.0 Å². The monoisotopic (exact) mass is 419 g/mol. The number of pyridine rings is 1. The van der Waals surface area contributed by atoms with Crippen LogP contribution in [0.3, 0.4) is 0 Å². The van der Waals surface area contributed by atoms with Crippen LogP contribution in [0.1, 0.15) is 52.5 Å². The quantitative estimate of drug-likeness (QED) is 0.616. The summed E-state index contributed by atoms with van der Waals surface area (Å²) in [5.41, 5.74) is 6.12. The summed E-state index contributed by atoms with van der Waals surface area (Å²) in [4.78, 5) is 42.4. The number of alkyl carbamates (subject to hydrolysis) is 1. The van der Waals surface area contributed by atoms with Crippen LogP contribution in [-0.2, 0) is 20.7 Å². The van der Waals surface area contributed by atoms with Crippen LogP contribution in [-0.4, -0.2) is 58.6 Å². The van der Waals surface area contributed by atoms with Crippen LogP contribution in [0.15, 0.2) is 18.3 Å². The summed E-state index contributed by atoms with van der Waals surface area (Å²) in [6.07, 6.45) is 3.37. The third kappa shape index (κ3) is 7.53. The van der Waals surface area contributed by atoms with Gasteiger partial charge in [-0.2, -0.15) is 0 Å². The lowest BCUT2D eigenvalue weighted by atomic mass is 10.0. The third-order valence-electron chi connectivity index (χ3n) is 4.85. The van der Waals surface area contributed by atoms with Gasteiger partial charge in [-0.1, -0.05) is 6.07 Å². The Balaban J connectivity index is 1.97. The van der Waals surface area contributed by atoms with Gasteiger partial charge >= 0.3 is 6.09 Å². The molecular weight excluding hydrogens is 386 g/mol. The highest BCUT2D eigenvalue weighted by Crippen LogP contribution is 2.14. The van der Waals surface area contributed by atoms with E-state index in [2.05, 4.69) is 15.6 Å². The number of amides is 3. The Bertz CT molecular complexity index is 762. The van der Waals surface area contributed by atoms with Crippen molar-refractivity contribution in [3.63, 3.8) is 0 Å². The lowest BCUT2D eigenvalue weighted by Gasteiger charge is -2.24. The maximum absolute atomic E-state index is 12.9. The molecule has 0 spiro atoms. The number of nitrogens with zero attached hydrogens (tertiary/aromatic N) is 2. The number of carbonyl (C=O) groups excluding carboxylic acids is 3. The Labute approximate surface area is 177 Å². The van der Waals surface area contributed by atoms with Gasteiger partial charge in [0.2, 0.25) is 11.8 Å². The number of likely N-dealkylation sites (tertiary alicyclic amines) is 1. The Morgan fingerprint density at radius 3 is 2.70 bits per heavy atom. The first-order valence-corrected chi connectivity index (χ1v) is 10.3. The zero-order chi connectivity index (χ0) is 22.3. The molecule has 4 N–H and O–H groups in total. The molecule has 2 atom stereocenters. The normalized spacial score (nSPS) is 17.3. The first kappa shape index (κ1) is 23.4. The molecular formula is C21H33N5O4. The second-order valence-electron chi connectivity index (χ2n) is 8.60. The van der Waals surface area contributed by atoms with Gasteiger partial charge in [0.15, 0.2) is 0 Å². The number of carbonyl (C=O) groups is 3. The number of aryl methyl sites for hydroxylation is 1. The predicted octanol–water partition coefficient (Wildman–Crippen LogP) is 1.62. The molecule has 3 amide bonds. The van der Waals surface area contributed by atoms with Crippen LogP contribution in [0.25, 0.3) is 0 Å². The van der Waals surface area contributed by atoms with E-state index >= 15 is 0 Å². The molecule has 0 saturated carbocycles. The zero-order valence-corrected chi connectivity index (χ0v) is 18.2. The third-order valence-corrected chi connectivity index (χ3v) is 4.85. The van der Waals surface area contributed by atoms with Crippen molar-refractivity contribution in [2.24, 2.45) is 0 Å². The topological polar surface area (TPSA) is 127 Å². The molecule has 1 aliphatic rings. The van der Waals surface area contributed by atoms with E-state index in [1.54, 1.807) is 31.9 Å². The summed E-state index contributed by atoms with van der Waals surface area (Å²) in [6, 6.07) is 2.84. The van der Waals surface area contributed by atoms with E-state index in [4.69, 9.17) is 10.5 Å². The van der Waals surface area contributed by atoms with Gasteiger partial charge in [0.05, 0.1) is 0 Å². The van der Waals surface area contributed by atoms with Crippen LogP contribution in [0.5, 0.6) is 0 Å². The van der Waals surface area contributed by atoms with Crippen LogP contribution in [0.4, 0.5) is 10.6 Å². The molecule has 9 heteroatoms. The summed E-state index contributed by atoms with van der Waals surface area (Å²) in [5, 5.41) is 5.63. The van der Waals surface area contributed by atoms with Crippen molar-refractivity contribution >= 4 is 23.7 Å². The maximum atomic E-state index is 12.9. The average molecular weight is 420 g/mol. The van der Waals surface area contributed by atoms with Gasteiger partial charge in [-0.3, -0.25) is 9.59 Å². The fourth-order valence-corrected chi connectivity index (χ4v) is 3.34. The molecule has 2 rings (SSSR count). The van der Waals surface area contributed by atoms with E-state index in [-0.39, 0.29) is 17.9 Å². The summed E-state index contributed by atoms with van der Waals surface area (Å²) < 4.78 is 5.31. The van der Waals surface area contributed by atoms with E-state index in [9.17, 15) is 14.4 Å². The largest absolute Gasteiger partial charge is 0.444 e. The molecule has 2 heterocycles. The SMILES string of the molecule is CC(=O)N1CC[C@@H](NC(=O)[C@H](CCCc2cccnc2N)NC(=O)OC(C)(C)C)C1. The number of aromatic nitrogens is 1. The number of nitrogens with one attached hydrogen (secondary N) is 2. The second-order valence-corrected chi connectivity index (χ2v) is 8.60. The average Bonchev–Trinajstić information content (AvgIpc) is 3.09. The molecule has 0 aliphatic carbocycles. The minimum Gasteiger partial charge on any atom is -0.444 e. The second kappa shape index (κ2) is 10.3. The fraction of sp³-hybridized carbons (Fsp3) is 0.619. The molecule has 1 fully saturated rings. The highest BCUT2D eigenvalue weighted by Gasteiger charge is 2.29. The van der Waals surface area contributed by atoms with Crippen LogP contribution >= 0.6 is 0 Å². The minimum absolute atomic E-state index is 0.00996. The number of hydrogen-bond donors (Lipinski definition) is 3. The van der Waals surface area contributed by atoms with Crippen molar-refractivity contribution in [2.45, 2.75) is 71.1 Å². The number of hydrogen-bond acceptors (Lipinski definition) is 6. The molecule has 1 aromatic heterocycles. The number of rotatable bonds is 7. The van der Waals surface area contributed by atoms with Gasteiger partial charge in [0.1, 0.15) is 17.5 Å². The first-order valence-electron chi connectivity index (χ1n) is 10.3. The molecule has 0 aromatic carbocycles.